The predicted octanol–water partition coefficient (Wildman–Crippen LogP) is 2.56. The van der Waals surface area contributed by atoms with Crippen molar-refractivity contribution in [1.82, 2.24) is 20.6 Å². The van der Waals surface area contributed by atoms with E-state index in [9.17, 15) is 14.7 Å². The van der Waals surface area contributed by atoms with E-state index >= 15 is 0 Å². The van der Waals surface area contributed by atoms with Crippen molar-refractivity contribution in [3.8, 4) is 23.0 Å². The number of nitrogens with zero attached hydrogens (tertiary/aromatic N) is 2. The number of phenolic OH excluding ortho intramolecular Hbond substituents is 1. The zero-order valence-corrected chi connectivity index (χ0v) is 17.4. The van der Waals surface area contributed by atoms with E-state index < -0.39 is 5.54 Å². The van der Waals surface area contributed by atoms with Gasteiger partial charge in [-0.3, -0.25) is 9.59 Å². The van der Waals surface area contributed by atoms with Crippen molar-refractivity contribution in [3.05, 3.63) is 72.3 Å². The van der Waals surface area contributed by atoms with E-state index in [1.54, 1.807) is 24.3 Å². The molecule has 0 aliphatic heterocycles. The molecule has 2 aromatic carbocycles. The van der Waals surface area contributed by atoms with Gasteiger partial charge >= 0.3 is 0 Å². The maximum atomic E-state index is 12.6. The second-order valence-corrected chi connectivity index (χ2v) is 7.43. The van der Waals surface area contributed by atoms with Gasteiger partial charge in [0, 0.05) is 25.0 Å². The van der Waals surface area contributed by atoms with E-state index in [2.05, 4.69) is 20.6 Å². The fourth-order valence-electron chi connectivity index (χ4n) is 3.14. The Bertz CT molecular complexity index is 1110. The van der Waals surface area contributed by atoms with Crippen LogP contribution >= 0.6 is 0 Å². The molecule has 0 unspecified atom stereocenters. The van der Waals surface area contributed by atoms with Crippen molar-refractivity contribution in [2.75, 3.05) is 7.11 Å². The highest BCUT2D eigenvalue weighted by molar-refractivity contribution is 6.00. The molecule has 1 aromatic heterocycles. The average Bonchev–Trinajstić information content (AvgIpc) is 3.60. The highest BCUT2D eigenvalue weighted by atomic mass is 16.5. The monoisotopic (exact) mass is 434 g/mol. The maximum Gasteiger partial charge on any atom is 0.255 e. The van der Waals surface area contributed by atoms with E-state index in [0.717, 1.165) is 5.56 Å². The summed E-state index contributed by atoms with van der Waals surface area (Å²) in [5.41, 5.74) is 0.306. The van der Waals surface area contributed by atoms with E-state index in [-0.39, 0.29) is 17.6 Å². The third-order valence-electron chi connectivity index (χ3n) is 5.12. The molecule has 1 fully saturated rings. The number of hydrogen-bond acceptors (Lipinski definition) is 7. The number of ether oxygens (including phenoxy) is 2. The Morgan fingerprint density at radius 1 is 1.06 bits per heavy atom. The lowest BCUT2D eigenvalue weighted by molar-refractivity contribution is -0.124. The molecule has 0 radical (unpaired) electrons. The van der Waals surface area contributed by atoms with Crippen molar-refractivity contribution in [3.63, 3.8) is 0 Å². The number of hydrogen-bond donors (Lipinski definition) is 3. The molecule has 3 N–H and O–H groups in total. The van der Waals surface area contributed by atoms with Gasteiger partial charge in [0.25, 0.3) is 5.91 Å². The lowest BCUT2D eigenvalue weighted by Crippen LogP contribution is -2.48. The molecule has 1 heterocycles. The Kier molecular flexibility index (Phi) is 5.89. The molecule has 0 saturated heterocycles. The molecular weight excluding hydrogens is 412 g/mol. The standard InChI is InChI=1S/C23H22N4O5/c1-31-20-7-6-18(10-19(20)28)32-17-4-2-15(3-5-17)11-26-22(30)23(8-9-23)27-21(29)16-12-24-14-25-13-16/h2-7,10,12-14,28H,8-9,11H2,1H3,(H,26,30)(H,27,29). The molecule has 0 atom stereocenters. The summed E-state index contributed by atoms with van der Waals surface area (Å²) in [7, 11) is 1.48. The number of amides is 2. The second-order valence-electron chi connectivity index (χ2n) is 7.43. The smallest absolute Gasteiger partial charge is 0.255 e. The van der Waals surface area contributed by atoms with Gasteiger partial charge in [-0.05, 0) is 42.7 Å². The predicted molar refractivity (Wildman–Crippen MR) is 114 cm³/mol. The number of carbonyl (C=O) groups is 2. The van der Waals surface area contributed by atoms with Gasteiger partial charge < -0.3 is 25.2 Å². The number of aromatic hydroxyl groups is 1. The summed E-state index contributed by atoms with van der Waals surface area (Å²) in [6.45, 7) is 0.314. The Morgan fingerprint density at radius 3 is 2.38 bits per heavy atom. The van der Waals surface area contributed by atoms with Crippen molar-refractivity contribution in [2.24, 2.45) is 0 Å². The minimum absolute atomic E-state index is 0.00906. The SMILES string of the molecule is COc1ccc(Oc2ccc(CNC(=O)C3(NC(=O)c4cncnc4)CC3)cc2)cc1O. The van der Waals surface area contributed by atoms with Gasteiger partial charge in [0.15, 0.2) is 11.5 Å². The normalized spacial score (nSPS) is 13.7. The van der Waals surface area contributed by atoms with Gasteiger partial charge in [-0.1, -0.05) is 12.1 Å². The molecule has 0 spiro atoms. The van der Waals surface area contributed by atoms with Crippen LogP contribution in [0.5, 0.6) is 23.0 Å². The summed E-state index contributed by atoms with van der Waals surface area (Å²) in [6, 6.07) is 12.0. The first-order chi connectivity index (χ1) is 15.5. The van der Waals surface area contributed by atoms with E-state index in [1.807, 2.05) is 12.1 Å². The third kappa shape index (κ3) is 4.77. The van der Waals surface area contributed by atoms with Gasteiger partial charge in [0.05, 0.1) is 12.7 Å². The molecule has 9 heteroatoms. The molecule has 2 amide bonds. The summed E-state index contributed by atoms with van der Waals surface area (Å²) in [5.74, 6) is 0.816. The average molecular weight is 434 g/mol. The van der Waals surface area contributed by atoms with Crippen LogP contribution < -0.4 is 20.1 Å². The van der Waals surface area contributed by atoms with Gasteiger partial charge in [-0.25, -0.2) is 9.97 Å². The Morgan fingerprint density at radius 2 is 1.75 bits per heavy atom. The number of methoxy groups -OCH3 is 1. The van der Waals surface area contributed by atoms with Crippen LogP contribution in [-0.4, -0.2) is 39.5 Å². The molecule has 0 bridgehead atoms. The van der Waals surface area contributed by atoms with Gasteiger partial charge in [-0.2, -0.15) is 0 Å². The minimum Gasteiger partial charge on any atom is -0.504 e. The highest BCUT2D eigenvalue weighted by Crippen LogP contribution is 2.36. The summed E-state index contributed by atoms with van der Waals surface area (Å²) in [6.07, 6.45) is 5.33. The second kappa shape index (κ2) is 8.93. The van der Waals surface area contributed by atoms with Crippen LogP contribution in [0.3, 0.4) is 0 Å². The molecule has 1 aliphatic carbocycles. The number of nitrogens with one attached hydrogen (secondary N) is 2. The number of benzene rings is 2. The Labute approximate surface area is 184 Å². The van der Waals surface area contributed by atoms with Crippen LogP contribution in [0.4, 0.5) is 0 Å². The highest BCUT2D eigenvalue weighted by Gasteiger charge is 2.51. The first kappa shape index (κ1) is 21.1. The maximum absolute atomic E-state index is 12.6. The van der Waals surface area contributed by atoms with Crippen molar-refractivity contribution < 1.29 is 24.2 Å². The zero-order valence-electron chi connectivity index (χ0n) is 17.4. The minimum atomic E-state index is -0.883. The molecule has 4 rings (SSSR count). The van der Waals surface area contributed by atoms with Crippen LogP contribution in [0.15, 0.2) is 61.2 Å². The molecule has 164 valence electrons. The summed E-state index contributed by atoms with van der Waals surface area (Å²) >= 11 is 0. The van der Waals surface area contributed by atoms with E-state index in [0.29, 0.717) is 42.2 Å². The van der Waals surface area contributed by atoms with Crippen molar-refractivity contribution in [1.29, 1.82) is 0 Å². The zero-order chi connectivity index (χ0) is 22.6. The topological polar surface area (TPSA) is 123 Å². The number of carbonyl (C=O) groups excluding carboxylic acids is 2. The fraction of sp³-hybridized carbons (Fsp3) is 0.217. The summed E-state index contributed by atoms with van der Waals surface area (Å²) in [4.78, 5) is 32.6. The first-order valence-electron chi connectivity index (χ1n) is 9.99. The third-order valence-corrected chi connectivity index (χ3v) is 5.12. The van der Waals surface area contributed by atoms with Crippen molar-refractivity contribution in [2.45, 2.75) is 24.9 Å². The van der Waals surface area contributed by atoms with E-state index in [1.165, 1.54) is 31.9 Å². The first-order valence-corrected chi connectivity index (χ1v) is 9.99. The molecule has 32 heavy (non-hydrogen) atoms. The lowest BCUT2D eigenvalue weighted by atomic mass is 10.2. The quantitative estimate of drug-likeness (QED) is 0.498. The van der Waals surface area contributed by atoms with E-state index in [4.69, 9.17) is 9.47 Å². The molecule has 1 saturated carbocycles. The molecule has 1 aliphatic rings. The van der Waals surface area contributed by atoms with Crippen LogP contribution in [-0.2, 0) is 11.3 Å². The molecule has 9 nitrogen and oxygen atoms in total. The van der Waals surface area contributed by atoms with Crippen LogP contribution in [0.2, 0.25) is 0 Å². The van der Waals surface area contributed by atoms with Crippen LogP contribution in [0.1, 0.15) is 28.8 Å². The van der Waals surface area contributed by atoms with Crippen LogP contribution in [0, 0.1) is 0 Å². The summed E-state index contributed by atoms with van der Waals surface area (Å²) < 4.78 is 10.7. The molecule has 3 aromatic rings. The van der Waals surface area contributed by atoms with Gasteiger partial charge in [-0.15, -0.1) is 0 Å². The van der Waals surface area contributed by atoms with Crippen molar-refractivity contribution >= 4 is 11.8 Å². The van der Waals surface area contributed by atoms with Crippen LogP contribution in [0.25, 0.3) is 0 Å². The fourth-order valence-corrected chi connectivity index (χ4v) is 3.14. The summed E-state index contributed by atoms with van der Waals surface area (Å²) in [5, 5.41) is 15.5. The Hall–Kier alpha value is -4.14. The lowest BCUT2D eigenvalue weighted by Gasteiger charge is -2.17. The molecular formula is C23H22N4O5. The largest absolute Gasteiger partial charge is 0.504 e. The number of rotatable bonds is 8. The van der Waals surface area contributed by atoms with Gasteiger partial charge in [0.2, 0.25) is 5.91 Å². The number of aromatic nitrogens is 2. The van der Waals surface area contributed by atoms with Gasteiger partial charge in [0.1, 0.15) is 23.4 Å². The number of phenols is 1. The Balaban J connectivity index is 1.31.